The maximum atomic E-state index is 11.2. The summed E-state index contributed by atoms with van der Waals surface area (Å²) in [4.78, 5) is 11.2. The van der Waals surface area contributed by atoms with Crippen molar-refractivity contribution in [1.29, 1.82) is 0 Å². The van der Waals surface area contributed by atoms with Gasteiger partial charge in [0.25, 0.3) is 0 Å². The minimum Gasteiger partial charge on any atom is -0.493 e. The molecule has 1 aliphatic heterocycles. The molecule has 20 heavy (non-hydrogen) atoms. The van der Waals surface area contributed by atoms with E-state index in [0.717, 1.165) is 17.5 Å². The van der Waals surface area contributed by atoms with Crippen LogP contribution in [0.25, 0.3) is 5.70 Å². The van der Waals surface area contributed by atoms with E-state index in [1.807, 2.05) is 12.1 Å². The Labute approximate surface area is 118 Å². The first-order chi connectivity index (χ1) is 9.36. The zero-order valence-corrected chi connectivity index (χ0v) is 12.2. The summed E-state index contributed by atoms with van der Waals surface area (Å²) in [5.41, 5.74) is 7.85. The molecule has 0 bridgehead atoms. The van der Waals surface area contributed by atoms with Crippen LogP contribution >= 0.6 is 0 Å². The van der Waals surface area contributed by atoms with Crippen LogP contribution in [0.5, 0.6) is 11.5 Å². The zero-order valence-electron chi connectivity index (χ0n) is 12.2. The molecule has 0 spiro atoms. The van der Waals surface area contributed by atoms with E-state index in [1.165, 1.54) is 6.08 Å². The number of hydrogen-bond donors (Lipinski definition) is 2. The van der Waals surface area contributed by atoms with Crippen LogP contribution in [0.3, 0.4) is 0 Å². The second kappa shape index (κ2) is 5.07. The van der Waals surface area contributed by atoms with Gasteiger partial charge >= 0.3 is 0 Å². The van der Waals surface area contributed by atoms with Gasteiger partial charge in [0.1, 0.15) is 0 Å². The smallest absolute Gasteiger partial charge is 0.243 e. The Kier molecular flexibility index (Phi) is 3.61. The number of primary amides is 1. The van der Waals surface area contributed by atoms with Crippen molar-refractivity contribution < 1.29 is 14.3 Å². The maximum absolute atomic E-state index is 11.2. The van der Waals surface area contributed by atoms with Gasteiger partial charge in [-0.15, -0.1) is 0 Å². The summed E-state index contributed by atoms with van der Waals surface area (Å²) < 4.78 is 10.6. The van der Waals surface area contributed by atoms with Gasteiger partial charge in [-0.05, 0) is 38.0 Å². The number of nitrogens with one attached hydrogen (secondary N) is 1. The molecular formula is C15H20N2O3. The highest BCUT2D eigenvalue weighted by Gasteiger charge is 2.29. The van der Waals surface area contributed by atoms with E-state index < -0.39 is 5.91 Å². The fourth-order valence-corrected chi connectivity index (χ4v) is 2.53. The van der Waals surface area contributed by atoms with Gasteiger partial charge in [0.15, 0.2) is 11.5 Å². The molecule has 5 heteroatoms. The summed E-state index contributed by atoms with van der Waals surface area (Å²) in [6.07, 6.45) is 2.23. The fourth-order valence-electron chi connectivity index (χ4n) is 2.53. The molecular weight excluding hydrogens is 256 g/mol. The Bertz CT molecular complexity index is 577. The first-order valence-electron chi connectivity index (χ1n) is 6.41. The van der Waals surface area contributed by atoms with Crippen LogP contribution in [0.1, 0.15) is 25.0 Å². The fraction of sp³-hybridized carbons (Fsp3) is 0.400. The Morgan fingerprint density at radius 3 is 2.45 bits per heavy atom. The molecule has 1 aromatic carbocycles. The Morgan fingerprint density at radius 2 is 1.90 bits per heavy atom. The molecule has 0 fully saturated rings. The normalized spacial score (nSPS) is 18.1. The molecule has 3 N–H and O–H groups in total. The van der Waals surface area contributed by atoms with Crippen molar-refractivity contribution in [3.05, 3.63) is 29.3 Å². The lowest BCUT2D eigenvalue weighted by Gasteiger charge is -2.36. The van der Waals surface area contributed by atoms with Crippen molar-refractivity contribution in [2.45, 2.75) is 25.8 Å². The lowest BCUT2D eigenvalue weighted by molar-refractivity contribution is -0.113. The zero-order chi connectivity index (χ0) is 14.9. The molecule has 0 radical (unpaired) electrons. The molecule has 0 saturated carbocycles. The van der Waals surface area contributed by atoms with Crippen molar-refractivity contribution in [3.8, 4) is 11.5 Å². The number of carbonyl (C=O) groups is 1. The quantitative estimate of drug-likeness (QED) is 0.820. The molecule has 0 aliphatic carbocycles. The summed E-state index contributed by atoms with van der Waals surface area (Å²) in [5, 5.41) is 3.33. The largest absolute Gasteiger partial charge is 0.493 e. The Balaban J connectivity index is 2.61. The van der Waals surface area contributed by atoms with Crippen molar-refractivity contribution in [1.82, 2.24) is 5.32 Å². The SMILES string of the molecule is COc1cc2c(cc1OC)/C(=C/C(N)=O)NC(C)(C)C2. The third-order valence-corrected chi connectivity index (χ3v) is 3.29. The molecule has 1 aliphatic rings. The Hall–Kier alpha value is -2.17. The number of hydrogen-bond acceptors (Lipinski definition) is 4. The van der Waals surface area contributed by atoms with Crippen LogP contribution in [0, 0.1) is 0 Å². The summed E-state index contributed by atoms with van der Waals surface area (Å²) in [7, 11) is 3.19. The molecule has 0 unspecified atom stereocenters. The third-order valence-electron chi connectivity index (χ3n) is 3.29. The first-order valence-corrected chi connectivity index (χ1v) is 6.41. The minimum absolute atomic E-state index is 0.159. The van der Waals surface area contributed by atoms with Gasteiger partial charge in [0.05, 0.1) is 14.2 Å². The van der Waals surface area contributed by atoms with Crippen molar-refractivity contribution >= 4 is 11.6 Å². The molecule has 1 amide bonds. The van der Waals surface area contributed by atoms with Gasteiger partial charge in [0.2, 0.25) is 5.91 Å². The maximum Gasteiger partial charge on any atom is 0.243 e. The number of rotatable bonds is 3. The number of benzene rings is 1. The lowest BCUT2D eigenvalue weighted by Crippen LogP contribution is -2.44. The summed E-state index contributed by atoms with van der Waals surface area (Å²) in [6.45, 7) is 4.14. The molecule has 5 nitrogen and oxygen atoms in total. The van der Waals surface area contributed by atoms with E-state index >= 15 is 0 Å². The lowest BCUT2D eigenvalue weighted by atomic mass is 9.85. The standard InChI is InChI=1S/C15H20N2O3/c1-15(2)8-9-5-12(19-3)13(20-4)6-10(9)11(17-15)7-14(16)18/h5-7,17H,8H2,1-4H3,(H2,16,18)/b11-7-. The van der Waals surface area contributed by atoms with Crippen molar-refractivity contribution in [3.63, 3.8) is 0 Å². The van der Waals surface area contributed by atoms with Crippen LogP contribution in [0.4, 0.5) is 0 Å². The Morgan fingerprint density at radius 1 is 1.30 bits per heavy atom. The van der Waals surface area contributed by atoms with E-state index in [2.05, 4.69) is 19.2 Å². The predicted molar refractivity (Wildman–Crippen MR) is 77.6 cm³/mol. The number of fused-ring (bicyclic) bond motifs is 1. The van der Waals surface area contributed by atoms with Gasteiger partial charge in [-0.3, -0.25) is 4.79 Å². The van der Waals surface area contributed by atoms with E-state index in [9.17, 15) is 4.79 Å². The second-order valence-electron chi connectivity index (χ2n) is 5.51. The number of amides is 1. The highest BCUT2D eigenvalue weighted by molar-refractivity contribution is 5.94. The van der Waals surface area contributed by atoms with Gasteiger partial charge < -0.3 is 20.5 Å². The van der Waals surface area contributed by atoms with Crippen LogP contribution in [-0.4, -0.2) is 25.7 Å². The summed E-state index contributed by atoms with van der Waals surface area (Å²) in [6, 6.07) is 3.82. The van der Waals surface area contributed by atoms with E-state index in [1.54, 1.807) is 14.2 Å². The van der Waals surface area contributed by atoms with E-state index in [0.29, 0.717) is 17.2 Å². The van der Waals surface area contributed by atoms with Gasteiger partial charge in [-0.2, -0.15) is 0 Å². The number of carbonyl (C=O) groups excluding carboxylic acids is 1. The minimum atomic E-state index is -0.481. The number of nitrogens with two attached hydrogens (primary N) is 1. The third kappa shape index (κ3) is 2.71. The molecule has 0 saturated heterocycles. The van der Waals surface area contributed by atoms with Crippen molar-refractivity contribution in [2.75, 3.05) is 14.2 Å². The molecule has 0 aromatic heterocycles. The van der Waals surface area contributed by atoms with Gasteiger partial charge in [-0.1, -0.05) is 0 Å². The topological polar surface area (TPSA) is 73.6 Å². The number of methoxy groups -OCH3 is 2. The molecule has 108 valence electrons. The average Bonchev–Trinajstić information content (AvgIpc) is 2.35. The van der Waals surface area contributed by atoms with Gasteiger partial charge in [0, 0.05) is 22.9 Å². The predicted octanol–water partition coefficient (Wildman–Crippen LogP) is 1.45. The van der Waals surface area contributed by atoms with Gasteiger partial charge in [-0.25, -0.2) is 0 Å². The van der Waals surface area contributed by atoms with Crippen LogP contribution in [0.2, 0.25) is 0 Å². The van der Waals surface area contributed by atoms with Crippen LogP contribution < -0.4 is 20.5 Å². The van der Waals surface area contributed by atoms with Crippen molar-refractivity contribution in [2.24, 2.45) is 5.73 Å². The first kappa shape index (κ1) is 14.2. The molecule has 2 rings (SSSR count). The van der Waals surface area contributed by atoms with Crippen LogP contribution in [-0.2, 0) is 11.2 Å². The average molecular weight is 276 g/mol. The highest BCUT2D eigenvalue weighted by Crippen LogP contribution is 2.37. The molecule has 0 atom stereocenters. The molecule has 1 aromatic rings. The number of ether oxygens (including phenoxy) is 2. The second-order valence-corrected chi connectivity index (χ2v) is 5.51. The summed E-state index contributed by atoms with van der Waals surface area (Å²) >= 11 is 0. The highest BCUT2D eigenvalue weighted by atomic mass is 16.5. The van der Waals surface area contributed by atoms with E-state index in [4.69, 9.17) is 15.2 Å². The summed E-state index contributed by atoms with van der Waals surface area (Å²) in [5.74, 6) is 0.830. The van der Waals surface area contributed by atoms with Crippen LogP contribution in [0.15, 0.2) is 18.2 Å². The molecule has 1 heterocycles. The monoisotopic (exact) mass is 276 g/mol. The van der Waals surface area contributed by atoms with E-state index in [-0.39, 0.29) is 5.54 Å².